The van der Waals surface area contributed by atoms with Crippen LogP contribution in [0, 0.1) is 5.92 Å². The van der Waals surface area contributed by atoms with Crippen molar-refractivity contribution in [1.82, 2.24) is 4.90 Å². The summed E-state index contributed by atoms with van der Waals surface area (Å²) in [5, 5.41) is 8.61. The summed E-state index contributed by atoms with van der Waals surface area (Å²) in [7, 11) is 0. The molecule has 0 aromatic rings. The summed E-state index contributed by atoms with van der Waals surface area (Å²) in [4.78, 5) is 12.8. The van der Waals surface area contributed by atoms with Crippen LogP contribution in [0.15, 0.2) is 11.6 Å². The fraction of sp³-hybridized carbons (Fsp3) is 0.727. The van der Waals surface area contributed by atoms with Crippen LogP contribution in [0.3, 0.4) is 0 Å². The standard InChI is InChI=1S/C11H18ClNO2/c12-6-2-8-13-7-1-3-10(9-13)4-5-11(14)15/h2,6,10H,1,3-5,7-9H2,(H,14,15). The molecule has 0 saturated carbocycles. The Morgan fingerprint density at radius 2 is 2.40 bits per heavy atom. The summed E-state index contributed by atoms with van der Waals surface area (Å²) in [6.07, 6.45) is 5.36. The molecule has 0 bridgehead atoms. The third-order valence-electron chi connectivity index (χ3n) is 2.82. The lowest BCUT2D eigenvalue weighted by molar-refractivity contribution is -0.137. The van der Waals surface area contributed by atoms with Crippen molar-refractivity contribution < 1.29 is 9.90 Å². The van der Waals surface area contributed by atoms with Crippen molar-refractivity contribution >= 4 is 17.6 Å². The number of carboxylic acid groups (broad SMARTS) is 1. The van der Waals surface area contributed by atoms with Gasteiger partial charge in [-0.2, -0.15) is 0 Å². The summed E-state index contributed by atoms with van der Waals surface area (Å²) < 4.78 is 0. The Bertz CT molecular complexity index is 231. The van der Waals surface area contributed by atoms with E-state index in [1.807, 2.05) is 6.08 Å². The van der Waals surface area contributed by atoms with Gasteiger partial charge in [0.15, 0.2) is 0 Å². The van der Waals surface area contributed by atoms with Gasteiger partial charge in [0.1, 0.15) is 0 Å². The Morgan fingerprint density at radius 1 is 1.60 bits per heavy atom. The van der Waals surface area contributed by atoms with Crippen molar-refractivity contribution in [1.29, 1.82) is 0 Å². The Labute approximate surface area is 95.7 Å². The smallest absolute Gasteiger partial charge is 0.303 e. The predicted molar refractivity (Wildman–Crippen MR) is 61.0 cm³/mol. The summed E-state index contributed by atoms with van der Waals surface area (Å²) in [5.41, 5.74) is 1.54. The van der Waals surface area contributed by atoms with E-state index < -0.39 is 5.97 Å². The monoisotopic (exact) mass is 231 g/mol. The average Bonchev–Trinajstić information content (AvgIpc) is 2.24. The molecule has 1 aliphatic rings. The van der Waals surface area contributed by atoms with E-state index in [-0.39, 0.29) is 0 Å². The molecule has 0 aliphatic carbocycles. The predicted octanol–water partition coefficient (Wildman–Crippen LogP) is 2.32. The topological polar surface area (TPSA) is 40.5 Å². The largest absolute Gasteiger partial charge is 0.481 e. The molecule has 1 saturated heterocycles. The van der Waals surface area contributed by atoms with Crippen LogP contribution in [0.5, 0.6) is 0 Å². The van der Waals surface area contributed by atoms with Gasteiger partial charge in [0, 0.05) is 25.0 Å². The van der Waals surface area contributed by atoms with Gasteiger partial charge in [0.25, 0.3) is 0 Å². The van der Waals surface area contributed by atoms with E-state index in [0.717, 1.165) is 32.5 Å². The highest BCUT2D eigenvalue weighted by atomic mass is 35.5. The third-order valence-corrected chi connectivity index (χ3v) is 3.00. The van der Waals surface area contributed by atoms with Gasteiger partial charge in [-0.25, -0.2) is 0 Å². The number of halogens is 1. The first-order valence-electron chi connectivity index (χ1n) is 5.41. The van der Waals surface area contributed by atoms with Crippen molar-refractivity contribution in [2.24, 2.45) is 5.92 Å². The number of carbonyl (C=O) groups is 1. The minimum Gasteiger partial charge on any atom is -0.481 e. The first-order valence-corrected chi connectivity index (χ1v) is 5.85. The molecule has 3 nitrogen and oxygen atoms in total. The highest BCUT2D eigenvalue weighted by Crippen LogP contribution is 2.20. The summed E-state index contributed by atoms with van der Waals surface area (Å²) in [6, 6.07) is 0. The van der Waals surface area contributed by atoms with Crippen molar-refractivity contribution in [3.05, 3.63) is 11.6 Å². The Hall–Kier alpha value is -0.540. The number of carboxylic acids is 1. The van der Waals surface area contributed by atoms with Gasteiger partial charge < -0.3 is 5.11 Å². The molecule has 4 heteroatoms. The molecular weight excluding hydrogens is 214 g/mol. The van der Waals surface area contributed by atoms with Crippen LogP contribution < -0.4 is 0 Å². The molecule has 0 radical (unpaired) electrons. The van der Waals surface area contributed by atoms with Crippen LogP contribution in [0.25, 0.3) is 0 Å². The van der Waals surface area contributed by atoms with E-state index in [4.69, 9.17) is 16.7 Å². The second kappa shape index (κ2) is 6.85. The summed E-state index contributed by atoms with van der Waals surface area (Å²) in [6.45, 7) is 2.99. The first-order chi connectivity index (χ1) is 7.22. The van der Waals surface area contributed by atoms with E-state index in [1.54, 1.807) is 5.54 Å². The lowest BCUT2D eigenvalue weighted by Crippen LogP contribution is -2.35. The number of rotatable bonds is 5. The van der Waals surface area contributed by atoms with E-state index >= 15 is 0 Å². The molecule has 1 N–H and O–H groups in total. The highest BCUT2D eigenvalue weighted by Gasteiger charge is 2.19. The van der Waals surface area contributed by atoms with Gasteiger partial charge >= 0.3 is 5.97 Å². The molecule has 1 unspecified atom stereocenters. The molecule has 1 atom stereocenters. The fourth-order valence-electron chi connectivity index (χ4n) is 2.07. The van der Waals surface area contributed by atoms with Crippen LogP contribution in [0.4, 0.5) is 0 Å². The second-order valence-corrected chi connectivity index (χ2v) is 4.31. The maximum atomic E-state index is 10.5. The van der Waals surface area contributed by atoms with Crippen molar-refractivity contribution in [3.63, 3.8) is 0 Å². The third kappa shape index (κ3) is 5.19. The zero-order chi connectivity index (χ0) is 11.1. The van der Waals surface area contributed by atoms with Crippen molar-refractivity contribution in [3.8, 4) is 0 Å². The average molecular weight is 232 g/mol. The SMILES string of the molecule is O=C(O)CCC1CCCN(CC=CCl)C1. The molecule has 86 valence electrons. The maximum absolute atomic E-state index is 10.5. The second-order valence-electron chi connectivity index (χ2n) is 4.06. The lowest BCUT2D eigenvalue weighted by atomic mass is 9.93. The van der Waals surface area contributed by atoms with Gasteiger partial charge in [-0.05, 0) is 31.7 Å². The van der Waals surface area contributed by atoms with Gasteiger partial charge in [-0.1, -0.05) is 17.7 Å². The van der Waals surface area contributed by atoms with Crippen LogP contribution in [0.2, 0.25) is 0 Å². The zero-order valence-electron chi connectivity index (χ0n) is 8.86. The number of nitrogens with zero attached hydrogens (tertiary/aromatic N) is 1. The number of aliphatic carboxylic acids is 1. The molecule has 1 rings (SSSR count). The molecule has 1 heterocycles. The zero-order valence-corrected chi connectivity index (χ0v) is 9.62. The van der Waals surface area contributed by atoms with Crippen LogP contribution >= 0.6 is 11.6 Å². The van der Waals surface area contributed by atoms with Gasteiger partial charge in [-0.15, -0.1) is 0 Å². The fourth-order valence-corrected chi connectivity index (χ4v) is 2.15. The number of piperidine rings is 1. The number of hydrogen-bond donors (Lipinski definition) is 1. The quantitative estimate of drug-likeness (QED) is 0.790. The Balaban J connectivity index is 2.25. The first kappa shape index (κ1) is 12.5. The Kier molecular flexibility index (Phi) is 5.73. The van der Waals surface area contributed by atoms with E-state index in [9.17, 15) is 4.79 Å². The molecule has 0 spiro atoms. The molecule has 0 amide bonds. The molecule has 0 aromatic heterocycles. The molecule has 1 fully saturated rings. The molecular formula is C11H18ClNO2. The molecule has 0 aromatic carbocycles. The van der Waals surface area contributed by atoms with Crippen molar-refractivity contribution in [2.45, 2.75) is 25.7 Å². The summed E-state index contributed by atoms with van der Waals surface area (Å²) >= 11 is 5.47. The highest BCUT2D eigenvalue weighted by molar-refractivity contribution is 6.25. The van der Waals surface area contributed by atoms with Crippen LogP contribution in [0.1, 0.15) is 25.7 Å². The summed E-state index contributed by atoms with van der Waals surface area (Å²) in [5.74, 6) is -0.147. The van der Waals surface area contributed by atoms with Gasteiger partial charge in [-0.3, -0.25) is 9.69 Å². The lowest BCUT2D eigenvalue weighted by Gasteiger charge is -2.31. The maximum Gasteiger partial charge on any atom is 0.303 e. The number of likely N-dealkylation sites (tertiary alicyclic amines) is 1. The van der Waals surface area contributed by atoms with Gasteiger partial charge in [0.2, 0.25) is 0 Å². The van der Waals surface area contributed by atoms with E-state index in [2.05, 4.69) is 4.90 Å². The number of hydrogen-bond acceptors (Lipinski definition) is 2. The minimum absolute atomic E-state index is 0.295. The Morgan fingerprint density at radius 3 is 3.07 bits per heavy atom. The van der Waals surface area contributed by atoms with Gasteiger partial charge in [0.05, 0.1) is 0 Å². The van der Waals surface area contributed by atoms with E-state index in [1.165, 1.54) is 6.42 Å². The molecule has 1 aliphatic heterocycles. The van der Waals surface area contributed by atoms with E-state index in [0.29, 0.717) is 12.3 Å². The van der Waals surface area contributed by atoms with Crippen LogP contribution in [-0.4, -0.2) is 35.6 Å². The minimum atomic E-state index is -0.687. The normalized spacial score (nSPS) is 23.4. The van der Waals surface area contributed by atoms with Crippen molar-refractivity contribution in [2.75, 3.05) is 19.6 Å². The van der Waals surface area contributed by atoms with Crippen LogP contribution in [-0.2, 0) is 4.79 Å². The molecule has 15 heavy (non-hydrogen) atoms.